The molecule has 2 bridgehead atoms. The summed E-state index contributed by atoms with van der Waals surface area (Å²) < 4.78 is 10.4. The predicted molar refractivity (Wildman–Crippen MR) is 116 cm³/mol. The van der Waals surface area contributed by atoms with Crippen LogP contribution in [0, 0.1) is 5.92 Å². The molecule has 2 aliphatic rings. The van der Waals surface area contributed by atoms with Crippen molar-refractivity contribution >= 4 is 17.9 Å². The van der Waals surface area contributed by atoms with E-state index in [0.29, 0.717) is 0 Å². The Morgan fingerprint density at radius 3 is 2.14 bits per heavy atom. The van der Waals surface area contributed by atoms with E-state index in [1.165, 1.54) is 0 Å². The summed E-state index contributed by atoms with van der Waals surface area (Å²) in [6.07, 6.45) is -9.56. The van der Waals surface area contributed by atoms with Crippen molar-refractivity contribution in [2.24, 2.45) is 5.92 Å². The molecule has 1 aromatic carbocycles. The summed E-state index contributed by atoms with van der Waals surface area (Å²) in [5, 5.41) is 81.3. The van der Waals surface area contributed by atoms with E-state index in [-0.39, 0.29) is 18.4 Å². The lowest BCUT2D eigenvalue weighted by Gasteiger charge is -2.48. The van der Waals surface area contributed by atoms with E-state index in [2.05, 4.69) is 6.58 Å². The third-order valence-electron chi connectivity index (χ3n) is 6.87. The van der Waals surface area contributed by atoms with Crippen LogP contribution in [0.25, 0.3) is 0 Å². The highest BCUT2D eigenvalue weighted by molar-refractivity contribution is 5.97. The van der Waals surface area contributed by atoms with Gasteiger partial charge in [0.05, 0.1) is 6.10 Å². The van der Waals surface area contributed by atoms with Crippen molar-refractivity contribution in [2.45, 2.75) is 60.7 Å². The highest BCUT2D eigenvalue weighted by Gasteiger charge is 2.84. The molecule has 0 aromatic heterocycles. The molecule has 36 heavy (non-hydrogen) atoms. The summed E-state index contributed by atoms with van der Waals surface area (Å²) >= 11 is 0. The number of carbonyl (C=O) groups is 3. The van der Waals surface area contributed by atoms with Crippen LogP contribution < -0.4 is 0 Å². The number of aliphatic hydroxyl groups excluding tert-OH is 4. The molecular weight excluding hydrogens is 484 g/mol. The maximum Gasteiger partial charge on any atom is 0.343 e. The Labute approximate surface area is 204 Å². The van der Waals surface area contributed by atoms with Crippen LogP contribution in [0.2, 0.25) is 0 Å². The monoisotopic (exact) mass is 512 g/mol. The first-order valence-corrected chi connectivity index (χ1v) is 10.9. The van der Waals surface area contributed by atoms with Gasteiger partial charge in [0.1, 0.15) is 12.2 Å². The standard InChI is InChI=1S/C23H28O13/c1-11(14(25)13(10-24)9-12-5-3-2-4-6-12)7-8-21-15(26)16(27)23(36-21,20(32)33)22(34,19(30)31)17(35-21)18(28)29/h2-6,13-17,24-27,34H,1,7-10H2,(H,28,29)(H,30,31)(H,32,33). The average molecular weight is 512 g/mol. The highest BCUT2D eigenvalue weighted by Crippen LogP contribution is 2.54. The second-order valence-electron chi connectivity index (χ2n) is 8.99. The molecule has 8 N–H and O–H groups in total. The molecule has 0 spiro atoms. The molecule has 0 radical (unpaired) electrons. The number of hydrogen-bond donors (Lipinski definition) is 8. The molecular formula is C23H28O13. The summed E-state index contributed by atoms with van der Waals surface area (Å²) in [7, 11) is 0. The van der Waals surface area contributed by atoms with E-state index < -0.39 is 78.3 Å². The van der Waals surface area contributed by atoms with Gasteiger partial charge in [0.25, 0.3) is 0 Å². The molecule has 3 rings (SSSR count). The summed E-state index contributed by atoms with van der Waals surface area (Å²) in [6.45, 7) is 3.32. The number of carboxylic acids is 3. The molecule has 198 valence electrons. The fraction of sp³-hybridized carbons (Fsp3) is 0.522. The van der Waals surface area contributed by atoms with Gasteiger partial charge in [-0.05, 0) is 24.0 Å². The van der Waals surface area contributed by atoms with Crippen molar-refractivity contribution in [3.8, 4) is 0 Å². The van der Waals surface area contributed by atoms with Gasteiger partial charge in [-0.25, -0.2) is 14.4 Å². The minimum absolute atomic E-state index is 0.0759. The molecule has 1 aromatic rings. The van der Waals surface area contributed by atoms with Crippen molar-refractivity contribution in [1.29, 1.82) is 0 Å². The largest absolute Gasteiger partial charge is 0.479 e. The average Bonchev–Trinajstić information content (AvgIpc) is 3.04. The number of ether oxygens (including phenoxy) is 2. The number of carboxylic acid groups (broad SMARTS) is 3. The summed E-state index contributed by atoms with van der Waals surface area (Å²) in [4.78, 5) is 35.8. The van der Waals surface area contributed by atoms with Crippen molar-refractivity contribution in [1.82, 2.24) is 0 Å². The third kappa shape index (κ3) is 4.08. The van der Waals surface area contributed by atoms with Gasteiger partial charge in [0.2, 0.25) is 17.3 Å². The van der Waals surface area contributed by atoms with Gasteiger partial charge in [0.15, 0.2) is 5.79 Å². The molecule has 8 atom stereocenters. The van der Waals surface area contributed by atoms with Crippen LogP contribution in [0.4, 0.5) is 0 Å². The van der Waals surface area contributed by atoms with E-state index in [1.54, 1.807) is 30.3 Å². The van der Waals surface area contributed by atoms with Crippen LogP contribution >= 0.6 is 0 Å². The quantitative estimate of drug-likeness (QED) is 0.152. The van der Waals surface area contributed by atoms with Gasteiger partial charge in [-0.15, -0.1) is 0 Å². The van der Waals surface area contributed by atoms with E-state index in [4.69, 9.17) is 9.47 Å². The second kappa shape index (κ2) is 9.86. The molecule has 8 unspecified atom stereocenters. The van der Waals surface area contributed by atoms with Crippen molar-refractivity contribution in [3.05, 3.63) is 48.0 Å². The number of benzene rings is 1. The lowest BCUT2D eigenvalue weighted by atomic mass is 9.74. The zero-order chi connectivity index (χ0) is 27.1. The van der Waals surface area contributed by atoms with Gasteiger partial charge in [0, 0.05) is 18.9 Å². The Morgan fingerprint density at radius 2 is 1.64 bits per heavy atom. The minimum Gasteiger partial charge on any atom is -0.479 e. The fourth-order valence-electron chi connectivity index (χ4n) is 4.83. The lowest BCUT2D eigenvalue weighted by Crippen LogP contribution is -2.77. The SMILES string of the molecule is C=C(CCC12OC(C(=O)O)C(O)(C(=O)O)C(C(=O)O)(O1)C(O)C2O)C(O)C(CO)Cc1ccccc1. The van der Waals surface area contributed by atoms with Crippen molar-refractivity contribution < 1.29 is 64.7 Å². The van der Waals surface area contributed by atoms with Crippen LogP contribution in [0.1, 0.15) is 18.4 Å². The van der Waals surface area contributed by atoms with Crippen LogP contribution in [-0.2, 0) is 30.3 Å². The molecule has 2 fully saturated rings. The first kappa shape index (κ1) is 27.7. The zero-order valence-corrected chi connectivity index (χ0v) is 18.9. The van der Waals surface area contributed by atoms with Gasteiger partial charge in [-0.2, -0.15) is 0 Å². The first-order valence-electron chi connectivity index (χ1n) is 10.9. The Morgan fingerprint density at radius 1 is 1.03 bits per heavy atom. The Kier molecular flexibility index (Phi) is 7.58. The number of rotatable bonds is 11. The molecule has 0 aliphatic carbocycles. The number of aliphatic hydroxyl groups is 5. The van der Waals surface area contributed by atoms with Gasteiger partial charge >= 0.3 is 17.9 Å². The second-order valence-corrected chi connectivity index (χ2v) is 8.99. The van der Waals surface area contributed by atoms with Gasteiger partial charge < -0.3 is 50.3 Å². The fourth-order valence-corrected chi connectivity index (χ4v) is 4.83. The van der Waals surface area contributed by atoms with Gasteiger partial charge in [-0.3, -0.25) is 0 Å². The maximum atomic E-state index is 12.1. The van der Waals surface area contributed by atoms with Gasteiger partial charge in [-0.1, -0.05) is 36.9 Å². The Hall–Kier alpha value is -2.91. The number of hydrogen-bond acceptors (Lipinski definition) is 10. The van der Waals surface area contributed by atoms with E-state index >= 15 is 0 Å². The summed E-state index contributed by atoms with van der Waals surface area (Å²) in [5.41, 5.74) is -6.43. The Balaban J connectivity index is 1.88. The summed E-state index contributed by atoms with van der Waals surface area (Å²) in [6, 6.07) is 8.93. The van der Waals surface area contributed by atoms with E-state index in [0.717, 1.165) is 5.56 Å². The van der Waals surface area contributed by atoms with Crippen LogP contribution in [0.5, 0.6) is 0 Å². The van der Waals surface area contributed by atoms with Crippen LogP contribution in [0.3, 0.4) is 0 Å². The van der Waals surface area contributed by atoms with Crippen molar-refractivity contribution in [3.63, 3.8) is 0 Å². The molecule has 13 nitrogen and oxygen atoms in total. The normalized spacial score (nSPS) is 35.1. The van der Waals surface area contributed by atoms with Crippen LogP contribution in [-0.4, -0.2) is 107 Å². The van der Waals surface area contributed by atoms with Crippen LogP contribution in [0.15, 0.2) is 42.5 Å². The maximum absolute atomic E-state index is 12.1. The minimum atomic E-state index is -3.82. The topological polar surface area (TPSA) is 232 Å². The molecule has 13 heteroatoms. The number of fused-ring (bicyclic) bond motifs is 2. The predicted octanol–water partition coefficient (Wildman–Crippen LogP) is -1.89. The Bertz CT molecular complexity index is 1030. The van der Waals surface area contributed by atoms with E-state index in [1.807, 2.05) is 0 Å². The van der Waals surface area contributed by atoms with E-state index in [9.17, 15) is 55.2 Å². The zero-order valence-electron chi connectivity index (χ0n) is 18.9. The van der Waals surface area contributed by atoms with Crippen molar-refractivity contribution in [2.75, 3.05) is 6.61 Å². The lowest BCUT2D eigenvalue weighted by molar-refractivity contribution is -0.374. The molecule has 2 aliphatic heterocycles. The highest BCUT2D eigenvalue weighted by atomic mass is 16.8. The smallest absolute Gasteiger partial charge is 0.343 e. The molecule has 0 saturated carbocycles. The molecule has 2 heterocycles. The number of aliphatic carboxylic acids is 3. The molecule has 2 saturated heterocycles. The first-order chi connectivity index (χ1) is 16.8. The summed E-state index contributed by atoms with van der Waals surface area (Å²) in [5.74, 6) is -9.98. The third-order valence-corrected chi connectivity index (χ3v) is 6.87. The molecule has 0 amide bonds.